The van der Waals surface area contributed by atoms with Crippen LogP contribution in [0.25, 0.3) is 0 Å². The van der Waals surface area contributed by atoms with E-state index in [2.05, 4.69) is 20.5 Å². The monoisotopic (exact) mass is 256 g/mol. The van der Waals surface area contributed by atoms with Gasteiger partial charge in [0.15, 0.2) is 0 Å². The summed E-state index contributed by atoms with van der Waals surface area (Å²) in [5, 5.41) is 9.59. The van der Waals surface area contributed by atoms with Crippen LogP contribution in [-0.2, 0) is 6.18 Å². The Morgan fingerprint density at radius 3 is 2.39 bits per heavy atom. The van der Waals surface area contributed by atoms with Gasteiger partial charge in [0.25, 0.3) is 5.56 Å². The topological polar surface area (TPSA) is 70.7 Å². The van der Waals surface area contributed by atoms with E-state index in [-0.39, 0.29) is 5.95 Å². The Morgan fingerprint density at radius 2 is 1.83 bits per heavy atom. The smallest absolute Gasteiger partial charge is 0.324 e. The number of hydrogen-bond acceptors (Lipinski definition) is 4. The van der Waals surface area contributed by atoms with Gasteiger partial charge in [0, 0.05) is 5.69 Å². The molecule has 0 radical (unpaired) electrons. The number of nitrogens with zero attached hydrogens (tertiary/aromatic N) is 2. The van der Waals surface area contributed by atoms with Crippen molar-refractivity contribution < 1.29 is 13.2 Å². The predicted molar refractivity (Wildman–Crippen MR) is 57.4 cm³/mol. The number of H-pyrrole nitrogens is 1. The van der Waals surface area contributed by atoms with Crippen molar-refractivity contribution in [1.82, 2.24) is 15.2 Å². The van der Waals surface area contributed by atoms with Crippen LogP contribution in [0.2, 0.25) is 0 Å². The fraction of sp³-hybridized carbons (Fsp3) is 0.100. The Hall–Kier alpha value is -2.38. The number of nitrogens with one attached hydrogen (secondary N) is 2. The van der Waals surface area contributed by atoms with Crippen LogP contribution in [0.5, 0.6) is 0 Å². The van der Waals surface area contributed by atoms with Gasteiger partial charge in [0.1, 0.15) is 6.20 Å². The first kappa shape index (κ1) is 12.1. The first-order chi connectivity index (χ1) is 8.45. The number of aromatic nitrogens is 3. The molecule has 0 aliphatic heterocycles. The van der Waals surface area contributed by atoms with Gasteiger partial charge in [-0.05, 0) is 24.3 Å². The highest BCUT2D eigenvalue weighted by Crippen LogP contribution is 2.29. The third-order valence-corrected chi connectivity index (χ3v) is 2.05. The lowest BCUT2D eigenvalue weighted by Gasteiger charge is -2.08. The molecule has 0 bridgehead atoms. The third-order valence-electron chi connectivity index (χ3n) is 2.05. The summed E-state index contributed by atoms with van der Waals surface area (Å²) < 4.78 is 36.9. The van der Waals surface area contributed by atoms with Crippen LogP contribution < -0.4 is 10.9 Å². The van der Waals surface area contributed by atoms with Gasteiger partial charge in [0.05, 0.1) is 5.56 Å². The lowest BCUT2D eigenvalue weighted by molar-refractivity contribution is -0.137. The van der Waals surface area contributed by atoms with Crippen LogP contribution in [0.3, 0.4) is 0 Å². The number of aromatic amines is 1. The first-order valence-electron chi connectivity index (χ1n) is 4.81. The molecule has 8 heteroatoms. The number of halogens is 3. The van der Waals surface area contributed by atoms with E-state index in [4.69, 9.17) is 0 Å². The Bertz CT molecular complexity index is 591. The van der Waals surface area contributed by atoms with Gasteiger partial charge in [-0.3, -0.25) is 9.78 Å². The predicted octanol–water partition coefficient (Wildman–Crippen LogP) is 1.93. The average molecular weight is 256 g/mol. The fourth-order valence-electron chi connectivity index (χ4n) is 1.25. The molecule has 0 atom stereocenters. The second kappa shape index (κ2) is 4.47. The molecule has 2 rings (SSSR count). The van der Waals surface area contributed by atoms with Crippen molar-refractivity contribution in [1.29, 1.82) is 0 Å². The van der Waals surface area contributed by atoms with E-state index in [9.17, 15) is 18.0 Å². The van der Waals surface area contributed by atoms with Crippen molar-refractivity contribution in [3.05, 3.63) is 46.4 Å². The average Bonchev–Trinajstić information content (AvgIpc) is 2.28. The summed E-state index contributed by atoms with van der Waals surface area (Å²) in [6.45, 7) is 0. The fourth-order valence-corrected chi connectivity index (χ4v) is 1.25. The van der Waals surface area contributed by atoms with Gasteiger partial charge >= 0.3 is 6.18 Å². The van der Waals surface area contributed by atoms with Crippen LogP contribution in [-0.4, -0.2) is 15.2 Å². The molecular weight excluding hydrogens is 249 g/mol. The van der Waals surface area contributed by atoms with Crippen molar-refractivity contribution in [2.45, 2.75) is 6.18 Å². The maximum Gasteiger partial charge on any atom is 0.416 e. The quantitative estimate of drug-likeness (QED) is 0.861. The summed E-state index contributed by atoms with van der Waals surface area (Å²) in [6.07, 6.45) is -3.39. The molecule has 0 fully saturated rings. The van der Waals surface area contributed by atoms with Gasteiger partial charge in [-0.1, -0.05) is 0 Å². The van der Waals surface area contributed by atoms with Crippen molar-refractivity contribution in [2.24, 2.45) is 0 Å². The zero-order valence-corrected chi connectivity index (χ0v) is 8.82. The first-order valence-corrected chi connectivity index (χ1v) is 4.81. The standard InChI is InChI=1S/C10H7F3N4O/c11-10(12,13)6-1-3-7(4-2-6)15-9-16-8(18)5-14-17-9/h1-5H,(H2,15,16,17,18). The molecule has 2 aromatic rings. The summed E-state index contributed by atoms with van der Waals surface area (Å²) >= 11 is 0. The molecule has 0 aliphatic carbocycles. The Balaban J connectivity index is 2.19. The summed E-state index contributed by atoms with van der Waals surface area (Å²) in [7, 11) is 0. The van der Waals surface area contributed by atoms with Crippen LogP contribution in [0.1, 0.15) is 5.56 Å². The maximum atomic E-state index is 12.3. The molecule has 18 heavy (non-hydrogen) atoms. The van der Waals surface area contributed by atoms with E-state index in [1.165, 1.54) is 12.1 Å². The number of anilines is 2. The third kappa shape index (κ3) is 2.84. The normalized spacial score (nSPS) is 11.3. The minimum atomic E-state index is -4.38. The molecule has 0 unspecified atom stereocenters. The van der Waals surface area contributed by atoms with Gasteiger partial charge in [-0.2, -0.15) is 13.2 Å². The summed E-state index contributed by atoms with van der Waals surface area (Å²) in [6, 6.07) is 4.32. The van der Waals surface area contributed by atoms with E-state index in [1.807, 2.05) is 0 Å². The number of rotatable bonds is 2. The maximum absolute atomic E-state index is 12.3. The second-order valence-corrected chi connectivity index (χ2v) is 3.38. The van der Waals surface area contributed by atoms with Crippen molar-refractivity contribution in [3.8, 4) is 0 Å². The molecule has 0 amide bonds. The van der Waals surface area contributed by atoms with Gasteiger partial charge < -0.3 is 5.32 Å². The number of benzene rings is 1. The molecular formula is C10H7F3N4O. The zero-order chi connectivity index (χ0) is 13.2. The van der Waals surface area contributed by atoms with Gasteiger partial charge in [-0.25, -0.2) is 0 Å². The molecule has 5 nitrogen and oxygen atoms in total. The van der Waals surface area contributed by atoms with Crippen molar-refractivity contribution in [3.63, 3.8) is 0 Å². The SMILES string of the molecule is O=c1cnnc(Nc2ccc(C(F)(F)F)cc2)[nH]1. The summed E-state index contributed by atoms with van der Waals surface area (Å²) in [5.41, 5.74) is -0.848. The summed E-state index contributed by atoms with van der Waals surface area (Å²) in [4.78, 5) is 13.3. The van der Waals surface area contributed by atoms with Gasteiger partial charge in [0.2, 0.25) is 5.95 Å². The Kier molecular flexibility index (Phi) is 3.00. The van der Waals surface area contributed by atoms with Crippen LogP contribution in [0.4, 0.5) is 24.8 Å². The molecule has 0 aliphatic rings. The molecule has 94 valence electrons. The Labute approximate surface area is 98.7 Å². The summed E-state index contributed by atoms with van der Waals surface area (Å²) in [5.74, 6) is 0.0576. The van der Waals surface area contributed by atoms with E-state index >= 15 is 0 Å². The molecule has 0 saturated carbocycles. The van der Waals surface area contributed by atoms with E-state index in [1.54, 1.807) is 0 Å². The van der Waals surface area contributed by atoms with E-state index in [0.717, 1.165) is 18.3 Å². The largest absolute Gasteiger partial charge is 0.416 e. The van der Waals surface area contributed by atoms with Crippen molar-refractivity contribution >= 4 is 11.6 Å². The molecule has 2 N–H and O–H groups in total. The van der Waals surface area contributed by atoms with Crippen molar-refractivity contribution in [2.75, 3.05) is 5.32 Å². The van der Waals surface area contributed by atoms with Crippen LogP contribution >= 0.6 is 0 Å². The lowest BCUT2D eigenvalue weighted by atomic mass is 10.2. The highest BCUT2D eigenvalue weighted by atomic mass is 19.4. The highest BCUT2D eigenvalue weighted by Gasteiger charge is 2.29. The minimum absolute atomic E-state index is 0.0576. The highest BCUT2D eigenvalue weighted by molar-refractivity contribution is 5.53. The van der Waals surface area contributed by atoms with Crippen LogP contribution in [0.15, 0.2) is 35.3 Å². The van der Waals surface area contributed by atoms with E-state index in [0.29, 0.717) is 5.69 Å². The Morgan fingerprint density at radius 1 is 1.17 bits per heavy atom. The second-order valence-electron chi connectivity index (χ2n) is 3.38. The minimum Gasteiger partial charge on any atom is -0.324 e. The number of hydrogen-bond donors (Lipinski definition) is 2. The van der Waals surface area contributed by atoms with E-state index < -0.39 is 17.3 Å². The molecule has 0 spiro atoms. The van der Waals surface area contributed by atoms with Gasteiger partial charge in [-0.15, -0.1) is 10.2 Å². The molecule has 1 aromatic heterocycles. The number of alkyl halides is 3. The van der Waals surface area contributed by atoms with Crippen LogP contribution in [0, 0.1) is 0 Å². The lowest BCUT2D eigenvalue weighted by Crippen LogP contribution is -2.10. The molecule has 1 heterocycles. The molecule has 0 saturated heterocycles. The molecule has 1 aromatic carbocycles. The zero-order valence-electron chi connectivity index (χ0n) is 8.82.